The molecule has 0 bridgehead atoms. The summed E-state index contributed by atoms with van der Waals surface area (Å²) in [5.74, 6) is -0.619. The summed E-state index contributed by atoms with van der Waals surface area (Å²) in [6.07, 6.45) is 2.29. The van der Waals surface area contributed by atoms with E-state index in [1.807, 2.05) is 20.9 Å². The first-order valence-electron chi connectivity index (χ1n) is 24.6. The van der Waals surface area contributed by atoms with Gasteiger partial charge < -0.3 is 104 Å². The van der Waals surface area contributed by atoms with Crippen LogP contribution in [0.5, 0.6) is 5.75 Å². The minimum atomic E-state index is -1.22. The number of hydrogen-bond acceptors (Lipinski definition) is 25. The van der Waals surface area contributed by atoms with E-state index in [9.17, 15) is 48.9 Å². The molecule has 2 aliphatic rings. The number of likely N-dealkylation sites (N-methyl/N-ethyl adjacent to an activating group) is 1. The Morgan fingerprint density at radius 2 is 1.45 bits per heavy atom. The van der Waals surface area contributed by atoms with Crippen LogP contribution in [-0.4, -0.2) is 218 Å². The molecule has 10 N–H and O–H groups in total. The zero-order valence-electron chi connectivity index (χ0n) is 44.9. The van der Waals surface area contributed by atoms with Crippen LogP contribution in [0.3, 0.4) is 0 Å². The third kappa shape index (κ3) is 42.3. The second kappa shape index (κ2) is 55.0. The zero-order valence-corrected chi connectivity index (χ0v) is 45.8. The van der Waals surface area contributed by atoms with Gasteiger partial charge in [0.2, 0.25) is 12.2 Å². The topological polar surface area (TPSA) is 361 Å². The largest absolute Gasteiger partial charge is 0.463 e. The number of aldehydes is 3. The molecule has 438 valence electrons. The van der Waals surface area contributed by atoms with Gasteiger partial charge in [-0.3, -0.25) is 19.2 Å². The summed E-state index contributed by atoms with van der Waals surface area (Å²) in [7, 11) is 5.12. The van der Waals surface area contributed by atoms with E-state index in [1.165, 1.54) is 24.9 Å². The number of amides is 2. The lowest BCUT2D eigenvalue weighted by Gasteiger charge is -2.36. The van der Waals surface area contributed by atoms with Crippen molar-refractivity contribution in [3.8, 4) is 5.75 Å². The Morgan fingerprint density at radius 3 is 1.99 bits per heavy atom. The van der Waals surface area contributed by atoms with Gasteiger partial charge in [0, 0.05) is 69.8 Å². The average Bonchev–Trinajstić information content (AvgIpc) is 3.75. The van der Waals surface area contributed by atoms with Gasteiger partial charge in [-0.15, -0.1) is 0 Å². The third-order valence-electron chi connectivity index (χ3n) is 8.95. The van der Waals surface area contributed by atoms with E-state index < -0.39 is 43.1 Å². The summed E-state index contributed by atoms with van der Waals surface area (Å²) in [6, 6.07) is 4.87. The number of carbonyl (C=O) groups is 7. The Bertz CT molecular complexity index is 1690. The molecule has 2 amide bonds. The molecule has 26 nitrogen and oxygen atoms in total. The number of benzene rings is 1. The van der Waals surface area contributed by atoms with Crippen molar-refractivity contribution >= 4 is 60.3 Å². The molecule has 1 fully saturated rings. The minimum absolute atomic E-state index is 0.0139. The van der Waals surface area contributed by atoms with Crippen molar-refractivity contribution in [3.63, 3.8) is 0 Å². The van der Waals surface area contributed by atoms with Crippen molar-refractivity contribution in [2.75, 3.05) is 131 Å². The Labute approximate surface area is 451 Å². The third-order valence-corrected chi connectivity index (χ3v) is 9.33. The lowest BCUT2D eigenvalue weighted by Crippen LogP contribution is -2.51. The predicted octanol–water partition coefficient (Wildman–Crippen LogP) is 0.301. The number of esters is 1. The number of carbonyl (C=O) groups excluding carboxylic acids is 7. The van der Waals surface area contributed by atoms with Crippen LogP contribution in [0.25, 0.3) is 0 Å². The summed E-state index contributed by atoms with van der Waals surface area (Å²) in [5, 5.41) is 37.7. The van der Waals surface area contributed by atoms with Crippen LogP contribution in [0.2, 0.25) is 0 Å². The highest BCUT2D eigenvalue weighted by atomic mass is 32.2. The number of aliphatic hydroxyl groups is 3. The molecule has 0 aromatic heterocycles. The van der Waals surface area contributed by atoms with Crippen LogP contribution in [0.4, 0.5) is 5.69 Å². The Hall–Kier alpha value is -4.82. The van der Waals surface area contributed by atoms with Crippen molar-refractivity contribution in [1.29, 1.82) is 0 Å². The molecule has 27 heteroatoms. The standard InChI is InChI=1S/C19H28N2O8.C12H25NO5.C8H9NO2.C7H13NO5S.C2H6.CH5N/c1-11(23)27-10-12-3-4-15(13(7-12)21-17(25)5-6-20-2)28-18-8-14(24)19(26)16(9-22)29-18;1-13-3-6-16-8-10-18-12-11-17-9-7-15-5-2-4-14;1-7-3-4-8(11)9(7)5-2-6-10;9-3-5-12-4-2-8-13-7(10)1-6-14-11;2*1-2/h3-4,7,14,16,18-20,22,24,26H,5-6,8-10H2,1-2H3,(H,21,25);4,13H,2-3,5-12H2,1H3;3-4,6H,1-2,5H2;3,8,11H,1-2,4-6H2;1-2H3;2H2,1H3. The normalized spacial score (nSPS) is 16.0. The van der Waals surface area contributed by atoms with Crippen molar-refractivity contribution in [3.05, 3.63) is 48.2 Å². The number of allylic oxidation sites excluding steroid dienone is 1. The van der Waals surface area contributed by atoms with E-state index >= 15 is 0 Å². The molecule has 1 aromatic carbocycles. The lowest BCUT2D eigenvalue weighted by atomic mass is 10.0. The van der Waals surface area contributed by atoms with Gasteiger partial charge in [-0.1, -0.05) is 26.5 Å². The molecule has 1 saturated heterocycles. The van der Waals surface area contributed by atoms with Crippen LogP contribution in [-0.2, 0) is 78.2 Å². The molecule has 0 radical (unpaired) electrons. The first-order valence-corrected chi connectivity index (χ1v) is 25.5. The maximum absolute atomic E-state index is 12.2. The number of nitrogens with one attached hydrogen (secondary N) is 4. The second-order valence-corrected chi connectivity index (χ2v) is 15.3. The summed E-state index contributed by atoms with van der Waals surface area (Å²) >= 11 is 0.588. The summed E-state index contributed by atoms with van der Waals surface area (Å²) in [4.78, 5) is 80.7. The molecule has 4 unspecified atom stereocenters. The van der Waals surface area contributed by atoms with Gasteiger partial charge in [0.05, 0.1) is 90.8 Å². The number of nitrogens with two attached hydrogens (primary N) is 1. The average molecular weight is 1110 g/mol. The SMILES string of the molecule is C=C1C=CC(=O)N1CCC=O.CC.CN.CNCCC(=O)Nc1cc(COC(C)=O)ccc1OC1CC(O)C(O)C(CO)O1.CNCCOCCOCCOCCOCCC=O.O=CCOCCNOC(=O)CCSO. The van der Waals surface area contributed by atoms with Crippen molar-refractivity contribution in [2.24, 2.45) is 5.73 Å². The van der Waals surface area contributed by atoms with Crippen LogP contribution in [0.1, 0.15) is 58.4 Å². The van der Waals surface area contributed by atoms with Gasteiger partial charge in [0.15, 0.2) is 0 Å². The number of hydroxylamine groups is 1. The van der Waals surface area contributed by atoms with Crippen LogP contribution in [0.15, 0.2) is 42.6 Å². The fourth-order valence-corrected chi connectivity index (χ4v) is 5.59. The molecule has 2 heterocycles. The van der Waals surface area contributed by atoms with Crippen LogP contribution >= 0.6 is 12.0 Å². The molecule has 1 aromatic rings. The molecular weight excluding hydrogens is 1020 g/mol. The highest BCUT2D eigenvalue weighted by Gasteiger charge is 2.37. The number of hydrogen-bond donors (Lipinski definition) is 9. The number of rotatable bonds is 36. The molecular formula is C49H86N6O20S. The highest BCUT2D eigenvalue weighted by molar-refractivity contribution is 7.93. The Kier molecular flexibility index (Phi) is 54.5. The lowest BCUT2D eigenvalue weighted by molar-refractivity contribution is -0.229. The molecule has 76 heavy (non-hydrogen) atoms. The van der Waals surface area contributed by atoms with E-state index in [0.717, 1.165) is 19.1 Å². The molecule has 0 spiro atoms. The van der Waals surface area contributed by atoms with Crippen molar-refractivity contribution in [1.82, 2.24) is 21.0 Å². The Morgan fingerprint density at radius 1 is 0.842 bits per heavy atom. The monoisotopic (exact) mass is 1110 g/mol. The maximum Gasteiger partial charge on any atom is 0.325 e. The predicted molar refractivity (Wildman–Crippen MR) is 283 cm³/mol. The number of aliphatic hydroxyl groups excluding tert-OH is 3. The quantitative estimate of drug-likeness (QED) is 0.0143. The molecule has 2 aliphatic heterocycles. The second-order valence-electron chi connectivity index (χ2n) is 14.7. The maximum atomic E-state index is 12.2. The fraction of sp³-hybridized carbons (Fsp3) is 0.653. The smallest absolute Gasteiger partial charge is 0.325 e. The van der Waals surface area contributed by atoms with Gasteiger partial charge in [0.1, 0.15) is 50.0 Å². The van der Waals surface area contributed by atoms with Crippen LogP contribution in [0, 0.1) is 0 Å². The van der Waals surface area contributed by atoms with Gasteiger partial charge >= 0.3 is 11.9 Å². The van der Waals surface area contributed by atoms with Gasteiger partial charge in [0.25, 0.3) is 5.91 Å². The number of nitrogens with zero attached hydrogens (tertiary/aromatic N) is 1. The minimum Gasteiger partial charge on any atom is -0.463 e. The molecule has 0 saturated carbocycles. The van der Waals surface area contributed by atoms with E-state index in [-0.39, 0.29) is 50.0 Å². The summed E-state index contributed by atoms with van der Waals surface area (Å²) in [6.45, 7) is 15.5. The van der Waals surface area contributed by atoms with Crippen molar-refractivity contribution < 1.29 is 96.2 Å². The number of anilines is 1. The first kappa shape index (κ1) is 75.4. The van der Waals surface area contributed by atoms with Crippen LogP contribution < -0.4 is 31.9 Å². The molecule has 3 rings (SSSR count). The molecule has 0 aliphatic carbocycles. The van der Waals surface area contributed by atoms with Gasteiger partial charge in [-0.05, 0) is 57.0 Å². The highest BCUT2D eigenvalue weighted by Crippen LogP contribution is 2.31. The van der Waals surface area contributed by atoms with E-state index in [2.05, 4.69) is 38.6 Å². The Balaban J connectivity index is -0.000000976. The van der Waals surface area contributed by atoms with E-state index in [1.54, 1.807) is 31.3 Å². The van der Waals surface area contributed by atoms with Gasteiger partial charge in [-0.2, -0.15) is 5.48 Å². The van der Waals surface area contributed by atoms with Crippen molar-refractivity contribution in [2.45, 2.75) is 84.1 Å². The first-order chi connectivity index (χ1) is 36.8. The van der Waals surface area contributed by atoms with Gasteiger partial charge in [-0.25, -0.2) is 0 Å². The summed E-state index contributed by atoms with van der Waals surface area (Å²) < 4.78 is 50.3. The zero-order chi connectivity index (χ0) is 57.6. The fourth-order valence-electron chi connectivity index (χ4n) is 5.34. The van der Waals surface area contributed by atoms with E-state index in [0.29, 0.717) is 133 Å². The number of ether oxygens (including phenoxy) is 8. The summed E-state index contributed by atoms with van der Waals surface area (Å²) in [5.41, 5.74) is 8.53. The molecule has 4 atom stereocenters. The van der Waals surface area contributed by atoms with E-state index in [4.69, 9.17) is 42.4 Å².